The average molecular weight is 454 g/mol. The highest BCUT2D eigenvalue weighted by Gasteiger charge is 2.39. The molecule has 0 N–H and O–H groups in total. The van der Waals surface area contributed by atoms with Gasteiger partial charge in [0.25, 0.3) is 0 Å². The van der Waals surface area contributed by atoms with E-state index in [1.54, 1.807) is 30.3 Å². The minimum Gasteiger partial charge on any atom is -0.497 e. The number of benzene rings is 3. The summed E-state index contributed by atoms with van der Waals surface area (Å²) in [7, 11) is 1.42. The molecule has 5 nitrogen and oxygen atoms in total. The fourth-order valence-corrected chi connectivity index (χ4v) is 3.39. The third kappa shape index (κ3) is 4.74. The van der Waals surface area contributed by atoms with Crippen LogP contribution in [-0.4, -0.2) is 13.1 Å². The Morgan fingerprint density at radius 1 is 0.939 bits per heavy atom. The largest absolute Gasteiger partial charge is 0.497 e. The lowest BCUT2D eigenvalue weighted by Crippen LogP contribution is -2.16. The van der Waals surface area contributed by atoms with E-state index in [4.69, 9.17) is 13.9 Å². The zero-order valence-electron chi connectivity index (χ0n) is 17.3. The molecule has 0 spiro atoms. The Labute approximate surface area is 186 Å². The highest BCUT2D eigenvalue weighted by Crippen LogP contribution is 2.38. The predicted molar refractivity (Wildman–Crippen MR) is 115 cm³/mol. The summed E-state index contributed by atoms with van der Waals surface area (Å²) in [5.41, 5.74) is -1.03. The van der Waals surface area contributed by atoms with Gasteiger partial charge >= 0.3 is 12.1 Å². The van der Waals surface area contributed by atoms with E-state index in [1.807, 2.05) is 0 Å². The second kappa shape index (κ2) is 8.82. The Morgan fingerprint density at radius 3 is 2.24 bits per heavy atom. The van der Waals surface area contributed by atoms with Crippen LogP contribution in [0.3, 0.4) is 0 Å². The van der Waals surface area contributed by atoms with E-state index in [1.165, 1.54) is 43.5 Å². The Kier molecular flexibility index (Phi) is 5.91. The minimum absolute atomic E-state index is 0.0208. The second-order valence-corrected chi connectivity index (χ2v) is 7.16. The van der Waals surface area contributed by atoms with Gasteiger partial charge in [0, 0.05) is 6.07 Å². The molecule has 0 aliphatic heterocycles. The van der Waals surface area contributed by atoms with Crippen LogP contribution in [0.25, 0.3) is 22.1 Å². The minimum atomic E-state index is -4.93. The Balaban J connectivity index is 1.74. The number of esters is 1. The third-order valence-electron chi connectivity index (χ3n) is 4.92. The first kappa shape index (κ1) is 22.1. The van der Waals surface area contributed by atoms with Gasteiger partial charge in [0.05, 0.1) is 24.5 Å². The van der Waals surface area contributed by atoms with E-state index >= 15 is 0 Å². The monoisotopic (exact) mass is 454 g/mol. The van der Waals surface area contributed by atoms with Gasteiger partial charge in [0.2, 0.25) is 11.2 Å². The van der Waals surface area contributed by atoms with Crippen molar-refractivity contribution in [2.75, 3.05) is 7.11 Å². The number of hydrogen-bond acceptors (Lipinski definition) is 5. The molecule has 4 aromatic rings. The van der Waals surface area contributed by atoms with Crippen LogP contribution in [0.5, 0.6) is 11.5 Å². The highest BCUT2D eigenvalue weighted by molar-refractivity contribution is 5.85. The second-order valence-electron chi connectivity index (χ2n) is 7.16. The summed E-state index contributed by atoms with van der Waals surface area (Å²) in [6, 6.07) is 18.2. The number of alkyl halides is 3. The van der Waals surface area contributed by atoms with Gasteiger partial charge in [-0.3, -0.25) is 9.59 Å². The molecule has 33 heavy (non-hydrogen) atoms. The number of carbonyl (C=O) groups is 1. The molecule has 0 bridgehead atoms. The SMILES string of the molecule is COc1ccc(-c2c(C(F)(F)F)oc3cc(OC(=O)Cc4ccccc4)ccc3c2=O)cc1. The lowest BCUT2D eigenvalue weighted by molar-refractivity contribution is -0.152. The van der Waals surface area contributed by atoms with Crippen molar-refractivity contribution >= 4 is 16.9 Å². The zero-order chi connectivity index (χ0) is 23.6. The van der Waals surface area contributed by atoms with Gasteiger partial charge in [-0.1, -0.05) is 42.5 Å². The van der Waals surface area contributed by atoms with Crippen LogP contribution in [0.15, 0.2) is 82.0 Å². The van der Waals surface area contributed by atoms with Crippen LogP contribution in [0.1, 0.15) is 11.3 Å². The van der Waals surface area contributed by atoms with Crippen molar-refractivity contribution in [3.05, 3.63) is 94.3 Å². The van der Waals surface area contributed by atoms with Crippen LogP contribution in [0, 0.1) is 0 Å². The van der Waals surface area contributed by atoms with E-state index < -0.39 is 28.9 Å². The number of halogens is 3. The Morgan fingerprint density at radius 2 is 1.61 bits per heavy atom. The molecule has 3 aromatic carbocycles. The van der Waals surface area contributed by atoms with Crippen LogP contribution in [0.4, 0.5) is 13.2 Å². The van der Waals surface area contributed by atoms with Crippen LogP contribution in [-0.2, 0) is 17.4 Å². The third-order valence-corrected chi connectivity index (χ3v) is 4.92. The van der Waals surface area contributed by atoms with Crippen molar-refractivity contribution in [3.63, 3.8) is 0 Å². The Bertz CT molecular complexity index is 1360. The van der Waals surface area contributed by atoms with E-state index in [0.717, 1.165) is 11.6 Å². The molecule has 0 atom stereocenters. The number of rotatable bonds is 5. The molecule has 0 saturated heterocycles. The van der Waals surface area contributed by atoms with Gasteiger partial charge in [-0.2, -0.15) is 13.2 Å². The van der Waals surface area contributed by atoms with Crippen molar-refractivity contribution in [1.82, 2.24) is 0 Å². The topological polar surface area (TPSA) is 65.7 Å². The van der Waals surface area contributed by atoms with Crippen molar-refractivity contribution in [2.24, 2.45) is 0 Å². The molecule has 168 valence electrons. The molecular weight excluding hydrogens is 437 g/mol. The number of carbonyl (C=O) groups excluding carboxylic acids is 1. The number of fused-ring (bicyclic) bond motifs is 1. The van der Waals surface area contributed by atoms with Gasteiger partial charge in [-0.25, -0.2) is 0 Å². The molecule has 4 rings (SSSR count). The standard InChI is InChI=1S/C25H17F3O5/c1-31-17-9-7-16(8-10-17)22-23(30)19-12-11-18(14-20(19)33-24(22)25(26,27)28)32-21(29)13-15-5-3-2-4-6-15/h2-12,14H,13H2,1H3. The van der Waals surface area contributed by atoms with Crippen LogP contribution in [0.2, 0.25) is 0 Å². The summed E-state index contributed by atoms with van der Waals surface area (Å²) < 4.78 is 56.8. The van der Waals surface area contributed by atoms with Gasteiger partial charge < -0.3 is 13.9 Å². The first-order valence-electron chi connectivity index (χ1n) is 9.83. The molecule has 0 radical (unpaired) electrons. The smallest absolute Gasteiger partial charge is 0.450 e. The van der Waals surface area contributed by atoms with Gasteiger partial charge in [-0.15, -0.1) is 0 Å². The lowest BCUT2D eigenvalue weighted by Gasteiger charge is -2.13. The molecule has 0 aliphatic rings. The van der Waals surface area contributed by atoms with E-state index in [9.17, 15) is 22.8 Å². The predicted octanol–water partition coefficient (Wildman–Crippen LogP) is 5.64. The van der Waals surface area contributed by atoms with Crippen molar-refractivity contribution in [2.45, 2.75) is 12.6 Å². The highest BCUT2D eigenvalue weighted by atomic mass is 19.4. The lowest BCUT2D eigenvalue weighted by atomic mass is 10.0. The van der Waals surface area contributed by atoms with Gasteiger partial charge in [-0.05, 0) is 35.4 Å². The summed E-state index contributed by atoms with van der Waals surface area (Å²) >= 11 is 0. The summed E-state index contributed by atoms with van der Waals surface area (Å²) in [6.07, 6.45) is -4.95. The maximum Gasteiger partial charge on any atom is 0.450 e. The molecule has 8 heteroatoms. The van der Waals surface area contributed by atoms with Crippen molar-refractivity contribution < 1.29 is 31.9 Å². The molecule has 1 heterocycles. The number of methoxy groups -OCH3 is 1. The molecule has 0 fully saturated rings. The molecule has 1 aromatic heterocycles. The van der Waals surface area contributed by atoms with Crippen molar-refractivity contribution in [3.8, 4) is 22.6 Å². The summed E-state index contributed by atoms with van der Waals surface area (Å²) in [5.74, 6) is -1.64. The summed E-state index contributed by atoms with van der Waals surface area (Å²) in [4.78, 5) is 25.2. The number of hydrogen-bond donors (Lipinski definition) is 0. The van der Waals surface area contributed by atoms with Gasteiger partial charge in [0.15, 0.2) is 0 Å². The molecule has 0 amide bonds. The van der Waals surface area contributed by atoms with E-state index in [0.29, 0.717) is 5.75 Å². The fraction of sp³-hybridized carbons (Fsp3) is 0.120. The van der Waals surface area contributed by atoms with Crippen LogP contribution < -0.4 is 14.9 Å². The van der Waals surface area contributed by atoms with Crippen molar-refractivity contribution in [1.29, 1.82) is 0 Å². The van der Waals surface area contributed by atoms with Crippen LogP contribution >= 0.6 is 0 Å². The van der Waals surface area contributed by atoms with E-state index in [2.05, 4.69) is 0 Å². The Hall–Kier alpha value is -4.07. The summed E-state index contributed by atoms with van der Waals surface area (Å²) in [6.45, 7) is 0. The first-order chi connectivity index (χ1) is 15.8. The number of ether oxygens (including phenoxy) is 2. The first-order valence-corrected chi connectivity index (χ1v) is 9.83. The maximum atomic E-state index is 13.8. The molecule has 0 unspecified atom stereocenters. The zero-order valence-corrected chi connectivity index (χ0v) is 17.3. The average Bonchev–Trinajstić information content (AvgIpc) is 2.79. The van der Waals surface area contributed by atoms with E-state index in [-0.39, 0.29) is 28.7 Å². The normalized spacial score (nSPS) is 11.4. The fourth-order valence-electron chi connectivity index (χ4n) is 3.39. The quantitative estimate of drug-likeness (QED) is 0.289. The van der Waals surface area contributed by atoms with Gasteiger partial charge in [0.1, 0.15) is 17.1 Å². The summed E-state index contributed by atoms with van der Waals surface area (Å²) in [5, 5.41) is -0.0725. The molecular formula is C25H17F3O5. The molecule has 0 saturated carbocycles. The molecule has 0 aliphatic carbocycles. The maximum absolute atomic E-state index is 13.8.